The number of aromatic nitrogens is 1. The van der Waals surface area contributed by atoms with E-state index in [2.05, 4.69) is 152 Å². The molecule has 7 rings (SSSR count). The van der Waals surface area contributed by atoms with E-state index in [1.165, 1.54) is 44.4 Å². The van der Waals surface area contributed by atoms with E-state index in [1.807, 2.05) is 30.3 Å². The molecule has 0 bridgehead atoms. The van der Waals surface area contributed by atoms with Crippen LogP contribution in [0.25, 0.3) is 60.9 Å². The average molecular weight is 583 g/mol. The van der Waals surface area contributed by atoms with Gasteiger partial charge in [0.15, 0.2) is 0 Å². The van der Waals surface area contributed by atoms with Gasteiger partial charge in [0.2, 0.25) is 0 Å². The maximum absolute atomic E-state index is 9.78. The molecule has 0 aliphatic heterocycles. The minimum absolute atomic E-state index is 0.644. The van der Waals surface area contributed by atoms with Gasteiger partial charge in [0.05, 0.1) is 28.4 Å². The van der Waals surface area contributed by atoms with Crippen LogP contribution in [0.4, 0.5) is 11.4 Å². The van der Waals surface area contributed by atoms with Crippen LogP contribution in [0.3, 0.4) is 0 Å². The number of anilines is 2. The van der Waals surface area contributed by atoms with Crippen molar-refractivity contribution in [3.63, 3.8) is 0 Å². The molecule has 0 N–H and O–H groups in total. The second kappa shape index (κ2) is 11.4. The summed E-state index contributed by atoms with van der Waals surface area (Å²) in [7, 11) is 8.26. The van der Waals surface area contributed by atoms with Crippen molar-refractivity contribution in [1.29, 1.82) is 5.26 Å². The molecule has 1 heterocycles. The number of nitrogens with zero attached hydrogens (tertiary/aromatic N) is 4. The normalized spacial score (nSPS) is 11.1. The van der Waals surface area contributed by atoms with Gasteiger partial charge in [-0.3, -0.25) is 0 Å². The molecule has 0 atom stereocenters. The predicted molar refractivity (Wildman–Crippen MR) is 190 cm³/mol. The fourth-order valence-electron chi connectivity index (χ4n) is 6.20. The van der Waals surface area contributed by atoms with Crippen molar-refractivity contribution in [3.8, 4) is 45.1 Å². The molecule has 0 radical (unpaired) electrons. The van der Waals surface area contributed by atoms with Crippen LogP contribution in [-0.4, -0.2) is 32.8 Å². The van der Waals surface area contributed by atoms with Gasteiger partial charge in [-0.2, -0.15) is 5.26 Å². The third kappa shape index (κ3) is 5.09. The van der Waals surface area contributed by atoms with Crippen molar-refractivity contribution in [2.24, 2.45) is 0 Å². The Morgan fingerprint density at radius 3 is 1.44 bits per heavy atom. The molecular formula is C41H34N4. The van der Waals surface area contributed by atoms with Crippen molar-refractivity contribution in [2.45, 2.75) is 0 Å². The molecule has 6 aromatic carbocycles. The quantitative estimate of drug-likeness (QED) is 0.196. The third-order valence-corrected chi connectivity index (χ3v) is 8.65. The van der Waals surface area contributed by atoms with Crippen LogP contribution in [0.5, 0.6) is 0 Å². The highest BCUT2D eigenvalue weighted by atomic mass is 15.1. The Morgan fingerprint density at radius 2 is 0.978 bits per heavy atom. The van der Waals surface area contributed by atoms with Gasteiger partial charge in [0.1, 0.15) is 0 Å². The summed E-state index contributed by atoms with van der Waals surface area (Å²) < 4.78 is 2.35. The molecule has 0 amide bonds. The van der Waals surface area contributed by atoms with E-state index in [9.17, 15) is 5.26 Å². The Labute approximate surface area is 264 Å². The summed E-state index contributed by atoms with van der Waals surface area (Å²) in [6.45, 7) is 0. The van der Waals surface area contributed by atoms with Crippen molar-refractivity contribution in [1.82, 2.24) is 4.57 Å². The highest BCUT2D eigenvalue weighted by Gasteiger charge is 2.18. The lowest BCUT2D eigenvalue weighted by molar-refractivity contribution is 1.13. The Morgan fingerprint density at radius 1 is 0.489 bits per heavy atom. The SMILES string of the molecule is CN(C)c1ccc(-c2ccc3c(c2)c2cc(-c4ccc(N(C)C)cc4)ccc2n3-c2ccc(C#N)cc2-c2ccccc2)cc1. The zero-order valence-corrected chi connectivity index (χ0v) is 26.0. The number of hydrogen-bond donors (Lipinski definition) is 0. The maximum atomic E-state index is 9.78. The van der Waals surface area contributed by atoms with Gasteiger partial charge in [-0.1, -0.05) is 66.7 Å². The molecule has 0 aliphatic rings. The van der Waals surface area contributed by atoms with Crippen molar-refractivity contribution >= 4 is 33.2 Å². The summed E-state index contributed by atoms with van der Waals surface area (Å²) in [5.41, 5.74) is 13.1. The van der Waals surface area contributed by atoms with Crippen LogP contribution in [-0.2, 0) is 0 Å². The van der Waals surface area contributed by atoms with Gasteiger partial charge in [-0.05, 0) is 94.5 Å². The zero-order valence-electron chi connectivity index (χ0n) is 26.0. The molecular weight excluding hydrogens is 548 g/mol. The molecule has 45 heavy (non-hydrogen) atoms. The smallest absolute Gasteiger partial charge is 0.0991 e. The molecule has 1 aromatic heterocycles. The first-order valence-electron chi connectivity index (χ1n) is 15.1. The molecule has 0 fully saturated rings. The van der Waals surface area contributed by atoms with Gasteiger partial charge < -0.3 is 14.4 Å². The second-order valence-corrected chi connectivity index (χ2v) is 11.9. The van der Waals surface area contributed by atoms with E-state index < -0.39 is 0 Å². The topological polar surface area (TPSA) is 35.2 Å². The Bertz CT molecular complexity index is 2090. The first kappa shape index (κ1) is 28.0. The van der Waals surface area contributed by atoms with E-state index in [0.29, 0.717) is 5.56 Å². The predicted octanol–water partition coefficient (Wildman–Crippen LogP) is 9.79. The Hall–Kier alpha value is -5.79. The molecule has 218 valence electrons. The summed E-state index contributed by atoms with van der Waals surface area (Å²) >= 11 is 0. The third-order valence-electron chi connectivity index (χ3n) is 8.65. The average Bonchev–Trinajstić information content (AvgIpc) is 3.41. The number of nitriles is 1. The van der Waals surface area contributed by atoms with E-state index in [1.54, 1.807) is 0 Å². The minimum Gasteiger partial charge on any atom is -0.378 e. The number of fused-ring (bicyclic) bond motifs is 3. The van der Waals surface area contributed by atoms with Gasteiger partial charge in [-0.25, -0.2) is 0 Å². The molecule has 0 saturated heterocycles. The number of hydrogen-bond acceptors (Lipinski definition) is 3. The molecule has 0 saturated carbocycles. The standard InChI is InChI=1S/C41H34N4/c1-43(2)34-17-11-29(12-18-34)32-15-22-40-37(25-32)38-26-33(30-13-19-35(20-14-30)44(3)4)16-23-41(38)45(40)39-21-10-28(27-42)24-36(39)31-8-6-5-7-9-31/h5-26H,1-4H3. The first-order chi connectivity index (χ1) is 21.9. The summed E-state index contributed by atoms with van der Waals surface area (Å²) in [6, 6.07) is 49.7. The highest BCUT2D eigenvalue weighted by Crippen LogP contribution is 2.40. The van der Waals surface area contributed by atoms with Crippen LogP contribution >= 0.6 is 0 Å². The minimum atomic E-state index is 0.644. The van der Waals surface area contributed by atoms with Crippen molar-refractivity contribution < 1.29 is 0 Å². The zero-order chi connectivity index (χ0) is 31.1. The van der Waals surface area contributed by atoms with E-state index in [4.69, 9.17) is 0 Å². The lowest BCUT2D eigenvalue weighted by Gasteiger charge is -2.15. The molecule has 0 aliphatic carbocycles. The highest BCUT2D eigenvalue weighted by molar-refractivity contribution is 6.12. The monoisotopic (exact) mass is 582 g/mol. The maximum Gasteiger partial charge on any atom is 0.0991 e. The lowest BCUT2D eigenvalue weighted by Crippen LogP contribution is -2.07. The van der Waals surface area contributed by atoms with E-state index >= 15 is 0 Å². The number of benzene rings is 6. The Kier molecular flexibility index (Phi) is 7.08. The largest absolute Gasteiger partial charge is 0.378 e. The van der Waals surface area contributed by atoms with Crippen LogP contribution in [0.1, 0.15) is 5.56 Å². The van der Waals surface area contributed by atoms with Crippen molar-refractivity contribution in [2.75, 3.05) is 38.0 Å². The second-order valence-electron chi connectivity index (χ2n) is 11.9. The van der Waals surface area contributed by atoms with Crippen LogP contribution in [0.2, 0.25) is 0 Å². The van der Waals surface area contributed by atoms with Crippen LogP contribution < -0.4 is 9.80 Å². The fraction of sp³-hybridized carbons (Fsp3) is 0.0976. The molecule has 0 unspecified atom stereocenters. The van der Waals surface area contributed by atoms with Gasteiger partial charge in [-0.15, -0.1) is 0 Å². The van der Waals surface area contributed by atoms with Gasteiger partial charge in [0.25, 0.3) is 0 Å². The van der Waals surface area contributed by atoms with Gasteiger partial charge >= 0.3 is 0 Å². The van der Waals surface area contributed by atoms with Crippen LogP contribution in [0.15, 0.2) is 133 Å². The van der Waals surface area contributed by atoms with E-state index in [0.717, 1.165) is 27.8 Å². The molecule has 0 spiro atoms. The number of rotatable bonds is 6. The van der Waals surface area contributed by atoms with E-state index in [-0.39, 0.29) is 0 Å². The summed E-state index contributed by atoms with van der Waals surface area (Å²) in [4.78, 5) is 4.24. The fourth-order valence-corrected chi connectivity index (χ4v) is 6.20. The summed E-state index contributed by atoms with van der Waals surface area (Å²) in [5, 5.41) is 12.2. The van der Waals surface area contributed by atoms with Crippen molar-refractivity contribution in [3.05, 3.63) is 139 Å². The van der Waals surface area contributed by atoms with Crippen LogP contribution in [0, 0.1) is 11.3 Å². The summed E-state index contributed by atoms with van der Waals surface area (Å²) in [5.74, 6) is 0. The first-order valence-corrected chi connectivity index (χ1v) is 15.1. The molecule has 4 heteroatoms. The Balaban J connectivity index is 1.49. The molecule has 7 aromatic rings. The summed E-state index contributed by atoms with van der Waals surface area (Å²) in [6.07, 6.45) is 0. The van der Waals surface area contributed by atoms with Gasteiger partial charge in [0, 0.05) is 55.9 Å². The molecule has 4 nitrogen and oxygen atoms in total. The lowest BCUT2D eigenvalue weighted by atomic mass is 10.00.